The van der Waals surface area contributed by atoms with E-state index in [2.05, 4.69) is 11.8 Å². The minimum absolute atomic E-state index is 0.168. The smallest absolute Gasteiger partial charge is 0.409 e. The van der Waals surface area contributed by atoms with Gasteiger partial charge >= 0.3 is 6.09 Å². The van der Waals surface area contributed by atoms with Gasteiger partial charge in [-0.25, -0.2) is 4.79 Å². The molecule has 1 rings (SSSR count). The van der Waals surface area contributed by atoms with Crippen LogP contribution in [0.4, 0.5) is 4.79 Å². The molecule has 0 spiro atoms. The fourth-order valence-electron chi connectivity index (χ4n) is 1.67. The van der Waals surface area contributed by atoms with E-state index in [1.807, 2.05) is 0 Å². The number of nitrogens with zero attached hydrogens (tertiary/aromatic N) is 2. The monoisotopic (exact) mass is 248 g/mol. The first-order valence-corrected chi connectivity index (χ1v) is 6.51. The van der Waals surface area contributed by atoms with Crippen LogP contribution < -0.4 is 0 Å². The molecule has 0 radical (unpaired) electrons. The molecule has 5 heteroatoms. The van der Waals surface area contributed by atoms with E-state index < -0.39 is 0 Å². The van der Waals surface area contributed by atoms with Crippen LogP contribution in [-0.4, -0.2) is 61.1 Å². The van der Waals surface area contributed by atoms with E-state index in [9.17, 15) is 4.79 Å². The summed E-state index contributed by atoms with van der Waals surface area (Å²) in [6.45, 7) is 6.82. The lowest BCUT2D eigenvalue weighted by Gasteiger charge is -2.33. The number of ether oxygens (including phenoxy) is 1. The second-order valence-corrected chi connectivity index (χ2v) is 4.36. The Labute approximate surface area is 102 Å². The third-order valence-electron chi connectivity index (χ3n) is 2.75. The van der Waals surface area contributed by atoms with Crippen LogP contribution >= 0.6 is 11.6 Å². The summed E-state index contributed by atoms with van der Waals surface area (Å²) < 4.78 is 5.16. The van der Waals surface area contributed by atoms with Crippen molar-refractivity contribution in [2.24, 2.45) is 0 Å². The Balaban J connectivity index is 2.17. The summed E-state index contributed by atoms with van der Waals surface area (Å²) in [5.74, 6) is 0.654. The summed E-state index contributed by atoms with van der Waals surface area (Å²) in [7, 11) is 0. The number of unbranched alkanes of at least 4 members (excludes halogenated alkanes) is 1. The van der Waals surface area contributed by atoms with E-state index >= 15 is 0 Å². The molecule has 1 amide bonds. The third-order valence-corrected chi connectivity index (χ3v) is 2.92. The molecule has 0 aromatic heterocycles. The van der Waals surface area contributed by atoms with E-state index in [0.717, 1.165) is 45.6 Å². The van der Waals surface area contributed by atoms with Crippen molar-refractivity contribution in [1.29, 1.82) is 0 Å². The number of hydrogen-bond donors (Lipinski definition) is 0. The van der Waals surface area contributed by atoms with Gasteiger partial charge in [0.1, 0.15) is 0 Å². The molecule has 0 aromatic rings. The maximum absolute atomic E-state index is 11.6. The van der Waals surface area contributed by atoms with Gasteiger partial charge in [-0.1, -0.05) is 13.3 Å². The molecule has 16 heavy (non-hydrogen) atoms. The molecule has 0 atom stereocenters. The molecule has 1 heterocycles. The molecule has 0 aliphatic carbocycles. The highest BCUT2D eigenvalue weighted by Crippen LogP contribution is 2.04. The zero-order valence-corrected chi connectivity index (χ0v) is 10.7. The van der Waals surface area contributed by atoms with E-state index in [1.54, 1.807) is 4.90 Å². The Hall–Kier alpha value is -0.480. The summed E-state index contributed by atoms with van der Waals surface area (Å²) >= 11 is 5.67. The first kappa shape index (κ1) is 13.6. The molecule has 0 unspecified atom stereocenters. The number of alkyl halides is 1. The summed E-state index contributed by atoms with van der Waals surface area (Å²) in [6, 6.07) is 0. The van der Waals surface area contributed by atoms with Crippen molar-refractivity contribution in [2.45, 2.75) is 19.8 Å². The van der Waals surface area contributed by atoms with E-state index in [1.165, 1.54) is 0 Å². The number of carbonyl (C=O) groups is 1. The maximum atomic E-state index is 11.6. The van der Waals surface area contributed by atoms with Gasteiger partial charge in [-0.05, 0) is 6.42 Å². The van der Waals surface area contributed by atoms with Gasteiger partial charge in [-0.2, -0.15) is 0 Å². The summed E-state index contributed by atoms with van der Waals surface area (Å²) in [5.41, 5.74) is 0. The Morgan fingerprint density at radius 1 is 1.31 bits per heavy atom. The highest BCUT2D eigenvalue weighted by Gasteiger charge is 2.21. The van der Waals surface area contributed by atoms with Gasteiger partial charge in [0, 0.05) is 38.6 Å². The van der Waals surface area contributed by atoms with Crippen molar-refractivity contribution in [3.8, 4) is 0 Å². The largest absolute Gasteiger partial charge is 0.449 e. The second-order valence-electron chi connectivity index (χ2n) is 3.99. The first-order chi connectivity index (χ1) is 7.77. The molecule has 0 aromatic carbocycles. The normalized spacial score (nSPS) is 17.5. The minimum atomic E-state index is -0.168. The molecule has 1 aliphatic heterocycles. The van der Waals surface area contributed by atoms with Crippen LogP contribution in [0.1, 0.15) is 19.8 Å². The number of rotatable bonds is 5. The van der Waals surface area contributed by atoms with E-state index in [4.69, 9.17) is 16.3 Å². The van der Waals surface area contributed by atoms with Crippen molar-refractivity contribution in [2.75, 3.05) is 45.2 Å². The van der Waals surface area contributed by atoms with Crippen LogP contribution in [0.25, 0.3) is 0 Å². The summed E-state index contributed by atoms with van der Waals surface area (Å²) in [5, 5.41) is 0. The zero-order valence-electron chi connectivity index (χ0n) is 9.95. The Bertz CT molecular complexity index is 206. The molecule has 0 N–H and O–H groups in total. The predicted molar refractivity (Wildman–Crippen MR) is 65.0 cm³/mol. The van der Waals surface area contributed by atoms with Gasteiger partial charge in [0.25, 0.3) is 0 Å². The SMILES string of the molecule is CCCCOC(=O)N1CCN(CCCl)CC1. The lowest BCUT2D eigenvalue weighted by molar-refractivity contribution is 0.0769. The molecule has 1 aliphatic rings. The number of hydrogen-bond acceptors (Lipinski definition) is 3. The van der Waals surface area contributed by atoms with Gasteiger partial charge in [0.05, 0.1) is 6.61 Å². The summed E-state index contributed by atoms with van der Waals surface area (Å²) in [4.78, 5) is 15.6. The highest BCUT2D eigenvalue weighted by molar-refractivity contribution is 6.18. The predicted octanol–water partition coefficient (Wildman–Crippen LogP) is 1.78. The minimum Gasteiger partial charge on any atom is -0.449 e. The van der Waals surface area contributed by atoms with Gasteiger partial charge in [0.2, 0.25) is 0 Å². The average Bonchev–Trinajstić information content (AvgIpc) is 2.30. The lowest BCUT2D eigenvalue weighted by atomic mass is 10.3. The number of carbonyl (C=O) groups excluding carboxylic acids is 1. The average molecular weight is 249 g/mol. The van der Waals surface area contributed by atoms with Gasteiger partial charge in [-0.3, -0.25) is 4.90 Å². The molecule has 4 nitrogen and oxygen atoms in total. The number of amides is 1. The van der Waals surface area contributed by atoms with Crippen LogP contribution in [0, 0.1) is 0 Å². The van der Waals surface area contributed by atoms with Gasteiger partial charge < -0.3 is 9.64 Å². The van der Waals surface area contributed by atoms with Crippen LogP contribution in [-0.2, 0) is 4.74 Å². The molecular formula is C11H21ClN2O2. The van der Waals surface area contributed by atoms with E-state index in [0.29, 0.717) is 12.5 Å². The van der Waals surface area contributed by atoms with Crippen LogP contribution in [0.2, 0.25) is 0 Å². The fourth-order valence-corrected chi connectivity index (χ4v) is 1.91. The third kappa shape index (κ3) is 4.58. The molecule has 1 fully saturated rings. The molecule has 0 bridgehead atoms. The number of halogens is 1. The zero-order chi connectivity index (χ0) is 11.8. The van der Waals surface area contributed by atoms with Crippen LogP contribution in [0.5, 0.6) is 0 Å². The topological polar surface area (TPSA) is 32.8 Å². The first-order valence-electron chi connectivity index (χ1n) is 5.98. The van der Waals surface area contributed by atoms with Crippen molar-refractivity contribution in [3.05, 3.63) is 0 Å². The quantitative estimate of drug-likeness (QED) is 0.549. The van der Waals surface area contributed by atoms with Crippen molar-refractivity contribution < 1.29 is 9.53 Å². The standard InChI is InChI=1S/C11H21ClN2O2/c1-2-3-10-16-11(15)14-8-6-13(5-4-12)7-9-14/h2-10H2,1H3. The van der Waals surface area contributed by atoms with Crippen LogP contribution in [0.15, 0.2) is 0 Å². The molecular weight excluding hydrogens is 228 g/mol. The van der Waals surface area contributed by atoms with Crippen molar-refractivity contribution in [3.63, 3.8) is 0 Å². The fraction of sp³-hybridized carbons (Fsp3) is 0.909. The van der Waals surface area contributed by atoms with Crippen molar-refractivity contribution in [1.82, 2.24) is 9.80 Å². The van der Waals surface area contributed by atoms with Crippen LogP contribution in [0.3, 0.4) is 0 Å². The van der Waals surface area contributed by atoms with Gasteiger partial charge in [-0.15, -0.1) is 11.6 Å². The Morgan fingerprint density at radius 2 is 2.00 bits per heavy atom. The summed E-state index contributed by atoms with van der Waals surface area (Å²) in [6.07, 6.45) is 1.83. The molecule has 1 saturated heterocycles. The van der Waals surface area contributed by atoms with Crippen molar-refractivity contribution >= 4 is 17.7 Å². The van der Waals surface area contributed by atoms with E-state index in [-0.39, 0.29) is 6.09 Å². The Kier molecular flexibility index (Phi) is 6.57. The number of piperazine rings is 1. The second kappa shape index (κ2) is 7.74. The Morgan fingerprint density at radius 3 is 2.56 bits per heavy atom. The maximum Gasteiger partial charge on any atom is 0.409 e. The van der Waals surface area contributed by atoms with Gasteiger partial charge in [0.15, 0.2) is 0 Å². The molecule has 94 valence electrons. The lowest BCUT2D eigenvalue weighted by Crippen LogP contribution is -2.49. The highest BCUT2D eigenvalue weighted by atomic mass is 35.5. The molecule has 0 saturated carbocycles.